The van der Waals surface area contributed by atoms with E-state index < -0.39 is 0 Å². The van der Waals surface area contributed by atoms with Crippen LogP contribution in [0.3, 0.4) is 0 Å². The summed E-state index contributed by atoms with van der Waals surface area (Å²) in [6, 6.07) is 6.05. The third-order valence-electron chi connectivity index (χ3n) is 4.15. The van der Waals surface area contributed by atoms with Gasteiger partial charge in [-0.15, -0.1) is 0 Å². The van der Waals surface area contributed by atoms with E-state index in [2.05, 4.69) is 13.0 Å². The minimum atomic E-state index is -0.295. The predicted octanol–water partition coefficient (Wildman–Crippen LogP) is 3.00. The summed E-state index contributed by atoms with van der Waals surface area (Å²) in [5.74, 6) is 0.899. The first-order chi connectivity index (χ1) is 9.22. The van der Waals surface area contributed by atoms with Gasteiger partial charge in [-0.2, -0.15) is 0 Å². The topological polar surface area (TPSA) is 38.7 Å². The quantitative estimate of drug-likeness (QED) is 0.910. The molecule has 1 aromatic rings. The van der Waals surface area contributed by atoms with E-state index in [1.807, 2.05) is 12.1 Å². The van der Waals surface area contributed by atoms with Crippen molar-refractivity contribution in [3.8, 4) is 5.75 Å². The van der Waals surface area contributed by atoms with Crippen LogP contribution in [0.4, 0.5) is 0 Å². The van der Waals surface area contributed by atoms with Crippen LogP contribution in [0.15, 0.2) is 18.2 Å². The smallest absolute Gasteiger partial charge is 0.119 e. The summed E-state index contributed by atoms with van der Waals surface area (Å²) < 4.78 is 11.6. The van der Waals surface area contributed by atoms with Crippen LogP contribution < -0.4 is 4.74 Å². The molecule has 1 aliphatic heterocycles. The number of rotatable bonds is 3. The molecule has 3 rings (SSSR count). The van der Waals surface area contributed by atoms with Crippen molar-refractivity contribution >= 4 is 0 Å². The normalized spacial score (nSPS) is 30.1. The summed E-state index contributed by atoms with van der Waals surface area (Å²) in [5.41, 5.74) is 2.31. The molecule has 2 aliphatic rings. The lowest BCUT2D eigenvalue weighted by Gasteiger charge is -2.22. The zero-order valence-electron chi connectivity index (χ0n) is 11.5. The molecule has 1 heterocycles. The lowest BCUT2D eigenvalue weighted by molar-refractivity contribution is 0.0264. The molecule has 19 heavy (non-hydrogen) atoms. The number of hydrogen-bond donors (Lipinski definition) is 1. The first-order valence-electron chi connectivity index (χ1n) is 7.31. The van der Waals surface area contributed by atoms with E-state index >= 15 is 0 Å². The van der Waals surface area contributed by atoms with Gasteiger partial charge >= 0.3 is 0 Å². The molecule has 3 unspecified atom stereocenters. The van der Waals surface area contributed by atoms with Crippen LogP contribution in [0.2, 0.25) is 0 Å². The fourth-order valence-electron chi connectivity index (χ4n) is 3.05. The molecular formula is C16H22O3. The maximum absolute atomic E-state index is 9.92. The molecule has 1 aromatic carbocycles. The van der Waals surface area contributed by atoms with Crippen molar-refractivity contribution in [2.45, 2.75) is 57.3 Å². The number of hydrogen-bond acceptors (Lipinski definition) is 3. The lowest BCUT2D eigenvalue weighted by atomic mass is 9.89. The van der Waals surface area contributed by atoms with Crippen molar-refractivity contribution in [2.75, 3.05) is 6.61 Å². The van der Waals surface area contributed by atoms with Crippen molar-refractivity contribution < 1.29 is 14.6 Å². The summed E-state index contributed by atoms with van der Waals surface area (Å²) in [7, 11) is 0. The average molecular weight is 262 g/mol. The van der Waals surface area contributed by atoms with Crippen molar-refractivity contribution in [3.63, 3.8) is 0 Å². The molecule has 0 spiro atoms. The summed E-state index contributed by atoms with van der Waals surface area (Å²) in [4.78, 5) is 0. The SMILES string of the molecule is CC1CCC(COc2ccc3c(c2)CCCC3O)O1. The zero-order valence-corrected chi connectivity index (χ0v) is 11.5. The highest BCUT2D eigenvalue weighted by molar-refractivity contribution is 5.38. The fraction of sp³-hybridized carbons (Fsp3) is 0.625. The highest BCUT2D eigenvalue weighted by Gasteiger charge is 2.23. The van der Waals surface area contributed by atoms with Crippen molar-refractivity contribution in [1.29, 1.82) is 0 Å². The van der Waals surface area contributed by atoms with Crippen LogP contribution >= 0.6 is 0 Å². The van der Waals surface area contributed by atoms with Crippen molar-refractivity contribution in [3.05, 3.63) is 29.3 Å². The third kappa shape index (κ3) is 2.93. The molecule has 1 fully saturated rings. The summed E-state index contributed by atoms with van der Waals surface area (Å²) in [6.07, 6.45) is 5.50. The maximum Gasteiger partial charge on any atom is 0.119 e. The Bertz CT molecular complexity index is 444. The second-order valence-corrected chi connectivity index (χ2v) is 5.73. The second-order valence-electron chi connectivity index (χ2n) is 5.73. The first-order valence-corrected chi connectivity index (χ1v) is 7.31. The van der Waals surface area contributed by atoms with Gasteiger partial charge in [-0.3, -0.25) is 0 Å². The largest absolute Gasteiger partial charge is 0.491 e. The molecule has 0 bridgehead atoms. The first kappa shape index (κ1) is 12.9. The van der Waals surface area contributed by atoms with E-state index in [0.717, 1.165) is 43.4 Å². The highest BCUT2D eigenvalue weighted by atomic mass is 16.5. The second kappa shape index (κ2) is 5.51. The minimum absolute atomic E-state index is 0.233. The van der Waals surface area contributed by atoms with E-state index in [9.17, 15) is 5.11 Å². The van der Waals surface area contributed by atoms with Gasteiger partial charge in [0.25, 0.3) is 0 Å². The van der Waals surface area contributed by atoms with Crippen molar-refractivity contribution in [1.82, 2.24) is 0 Å². The Kier molecular flexibility index (Phi) is 3.76. The fourth-order valence-corrected chi connectivity index (χ4v) is 3.05. The van der Waals surface area contributed by atoms with Crippen LogP contribution in [0.25, 0.3) is 0 Å². The molecule has 3 atom stereocenters. The van der Waals surface area contributed by atoms with E-state index in [1.165, 1.54) is 5.56 Å². The van der Waals surface area contributed by atoms with Gasteiger partial charge in [0.05, 0.1) is 18.3 Å². The maximum atomic E-state index is 9.92. The molecule has 0 amide bonds. The Labute approximate surface area is 114 Å². The monoisotopic (exact) mass is 262 g/mol. The summed E-state index contributed by atoms with van der Waals surface area (Å²) >= 11 is 0. The van der Waals surface area contributed by atoms with Gasteiger partial charge in [0.15, 0.2) is 0 Å². The van der Waals surface area contributed by atoms with Crippen LogP contribution in [0.5, 0.6) is 5.75 Å². The number of benzene rings is 1. The molecule has 3 heteroatoms. The zero-order chi connectivity index (χ0) is 13.2. The van der Waals surface area contributed by atoms with Gasteiger partial charge < -0.3 is 14.6 Å². The summed E-state index contributed by atoms with van der Waals surface area (Å²) in [6.45, 7) is 2.74. The Morgan fingerprint density at radius 3 is 3.00 bits per heavy atom. The number of fused-ring (bicyclic) bond motifs is 1. The molecule has 0 radical (unpaired) electrons. The van der Waals surface area contributed by atoms with Crippen LogP contribution in [-0.2, 0) is 11.2 Å². The molecule has 0 saturated carbocycles. The molecule has 1 N–H and O–H groups in total. The molecule has 104 valence electrons. The van der Waals surface area contributed by atoms with Gasteiger partial charge in [-0.1, -0.05) is 6.07 Å². The Hall–Kier alpha value is -1.06. The predicted molar refractivity (Wildman–Crippen MR) is 73.4 cm³/mol. The van der Waals surface area contributed by atoms with Gasteiger partial charge in [0, 0.05) is 0 Å². The van der Waals surface area contributed by atoms with E-state index in [0.29, 0.717) is 12.7 Å². The third-order valence-corrected chi connectivity index (χ3v) is 4.15. The molecule has 3 nitrogen and oxygen atoms in total. The standard InChI is InChI=1S/C16H22O3/c1-11-5-6-14(19-11)10-18-13-7-8-15-12(9-13)3-2-4-16(15)17/h7-9,11,14,16-17H,2-6,10H2,1H3. The van der Waals surface area contributed by atoms with Crippen LogP contribution in [0, 0.1) is 0 Å². The highest BCUT2D eigenvalue weighted by Crippen LogP contribution is 2.32. The van der Waals surface area contributed by atoms with Gasteiger partial charge in [-0.25, -0.2) is 0 Å². The average Bonchev–Trinajstić information content (AvgIpc) is 2.82. The van der Waals surface area contributed by atoms with Crippen LogP contribution in [0.1, 0.15) is 49.8 Å². The van der Waals surface area contributed by atoms with E-state index in [4.69, 9.17) is 9.47 Å². The molecular weight excluding hydrogens is 240 g/mol. The minimum Gasteiger partial charge on any atom is -0.491 e. The van der Waals surface area contributed by atoms with Gasteiger partial charge in [-0.05, 0) is 62.3 Å². The Balaban J connectivity index is 1.62. The van der Waals surface area contributed by atoms with Gasteiger partial charge in [0.1, 0.15) is 12.4 Å². The molecule has 1 aliphatic carbocycles. The number of aliphatic hydroxyl groups is 1. The number of aliphatic hydroxyl groups excluding tert-OH is 1. The molecule has 0 aromatic heterocycles. The molecule has 1 saturated heterocycles. The van der Waals surface area contributed by atoms with Crippen molar-refractivity contribution in [2.24, 2.45) is 0 Å². The van der Waals surface area contributed by atoms with E-state index in [1.54, 1.807) is 0 Å². The Morgan fingerprint density at radius 2 is 2.21 bits per heavy atom. The summed E-state index contributed by atoms with van der Waals surface area (Å²) in [5, 5.41) is 9.92. The van der Waals surface area contributed by atoms with Gasteiger partial charge in [0.2, 0.25) is 0 Å². The number of ether oxygens (including phenoxy) is 2. The van der Waals surface area contributed by atoms with E-state index in [-0.39, 0.29) is 12.2 Å². The lowest BCUT2D eigenvalue weighted by Crippen LogP contribution is -2.18. The van der Waals surface area contributed by atoms with Crippen LogP contribution in [-0.4, -0.2) is 23.9 Å². The number of aryl methyl sites for hydroxylation is 1. The Morgan fingerprint density at radius 1 is 1.32 bits per heavy atom.